The molecule has 0 atom stereocenters. The van der Waals surface area contributed by atoms with Crippen molar-refractivity contribution in [3.8, 4) is 0 Å². The summed E-state index contributed by atoms with van der Waals surface area (Å²) in [5.41, 5.74) is -0.797. The van der Waals surface area contributed by atoms with Crippen molar-refractivity contribution in [3.63, 3.8) is 0 Å². The van der Waals surface area contributed by atoms with Gasteiger partial charge in [-0.15, -0.1) is 0 Å². The van der Waals surface area contributed by atoms with E-state index in [1.165, 1.54) is 0 Å². The topological polar surface area (TPSA) is 12.9 Å². The smallest absolute Gasteiger partial charge is 0.215 e. The molecule has 1 aromatic heterocycles. The van der Waals surface area contributed by atoms with E-state index in [2.05, 4.69) is 20.9 Å². The molecule has 0 bridgehead atoms. The predicted molar refractivity (Wildman–Crippen MR) is 36.8 cm³/mol. The van der Waals surface area contributed by atoms with E-state index in [0.29, 0.717) is 6.07 Å². The maximum Gasteiger partial charge on any atom is 0.281 e. The maximum absolute atomic E-state index is 12.3. The van der Waals surface area contributed by atoms with Gasteiger partial charge in [-0.05, 0) is 22.0 Å². The minimum Gasteiger partial charge on any atom is -0.215 e. The second kappa shape index (κ2) is 3.38. The van der Waals surface area contributed by atoms with Crippen LogP contribution in [0.25, 0.3) is 0 Å². The Kier molecular flexibility index (Phi) is 2.66. The van der Waals surface area contributed by atoms with Crippen molar-refractivity contribution < 1.29 is 17.6 Å². The molecular formula is C6H2BrF4N. The summed E-state index contributed by atoms with van der Waals surface area (Å²) in [6, 6.07) is 0.615. The molecule has 0 aromatic carbocycles. The molecule has 0 unspecified atom stereocenters. The molecular weight excluding hydrogens is 242 g/mol. The number of rotatable bonds is 1. The first-order valence-electron chi connectivity index (χ1n) is 2.82. The van der Waals surface area contributed by atoms with E-state index >= 15 is 0 Å². The van der Waals surface area contributed by atoms with Crippen molar-refractivity contribution >= 4 is 15.9 Å². The van der Waals surface area contributed by atoms with Crippen LogP contribution in [0.4, 0.5) is 17.6 Å². The molecule has 0 saturated heterocycles. The molecule has 6 heteroatoms. The largest absolute Gasteiger partial charge is 0.281 e. The Morgan fingerprint density at radius 2 is 1.92 bits per heavy atom. The third-order valence-corrected chi connectivity index (χ3v) is 1.76. The Morgan fingerprint density at radius 3 is 2.42 bits per heavy atom. The van der Waals surface area contributed by atoms with Crippen LogP contribution in [0.2, 0.25) is 0 Å². The molecule has 0 radical (unpaired) electrons. The maximum atomic E-state index is 12.3. The predicted octanol–water partition coefficient (Wildman–Crippen LogP) is 3.06. The molecule has 0 aliphatic carbocycles. The van der Waals surface area contributed by atoms with Crippen molar-refractivity contribution in [1.82, 2.24) is 4.98 Å². The Bertz CT molecular complexity index is 302. The van der Waals surface area contributed by atoms with Gasteiger partial charge < -0.3 is 0 Å². The van der Waals surface area contributed by atoms with Crippen LogP contribution in [0.5, 0.6) is 0 Å². The molecule has 12 heavy (non-hydrogen) atoms. The fourth-order valence-electron chi connectivity index (χ4n) is 0.610. The van der Waals surface area contributed by atoms with Crippen molar-refractivity contribution in [2.24, 2.45) is 0 Å². The van der Waals surface area contributed by atoms with Crippen molar-refractivity contribution in [3.05, 3.63) is 28.0 Å². The number of aromatic nitrogens is 1. The fourth-order valence-corrected chi connectivity index (χ4v) is 1.07. The lowest BCUT2D eigenvalue weighted by atomic mass is 10.3. The molecule has 1 rings (SSSR count). The quantitative estimate of drug-likeness (QED) is 0.546. The number of nitrogens with zero attached hydrogens (tertiary/aromatic N) is 1. The SMILES string of the molecule is Fc1cc(Br)c(C(F)F)nc1F. The second-order valence-electron chi connectivity index (χ2n) is 1.93. The number of hydrogen-bond donors (Lipinski definition) is 0. The summed E-state index contributed by atoms with van der Waals surface area (Å²) in [4.78, 5) is 2.73. The normalized spacial score (nSPS) is 10.8. The number of pyridine rings is 1. The van der Waals surface area contributed by atoms with Gasteiger partial charge in [0, 0.05) is 4.47 Å². The standard InChI is InChI=1S/C6H2BrF4N/c7-2-1-3(8)6(11)12-4(2)5(9)10/h1,5H. The summed E-state index contributed by atoms with van der Waals surface area (Å²) in [6.45, 7) is 0. The summed E-state index contributed by atoms with van der Waals surface area (Å²) >= 11 is 2.63. The van der Waals surface area contributed by atoms with E-state index in [9.17, 15) is 17.6 Å². The number of hydrogen-bond acceptors (Lipinski definition) is 1. The van der Waals surface area contributed by atoms with E-state index in [1.54, 1.807) is 0 Å². The summed E-state index contributed by atoms with van der Waals surface area (Å²) in [6.07, 6.45) is -2.92. The van der Waals surface area contributed by atoms with Crippen LogP contribution in [0.3, 0.4) is 0 Å². The molecule has 1 aromatic rings. The minimum absolute atomic E-state index is 0.239. The molecule has 0 N–H and O–H groups in total. The molecule has 0 saturated carbocycles. The first-order valence-corrected chi connectivity index (χ1v) is 3.61. The third kappa shape index (κ3) is 1.74. The first kappa shape index (κ1) is 9.44. The highest BCUT2D eigenvalue weighted by Gasteiger charge is 2.17. The molecule has 0 aliphatic heterocycles. The van der Waals surface area contributed by atoms with Gasteiger partial charge in [-0.2, -0.15) is 4.39 Å². The lowest BCUT2D eigenvalue weighted by molar-refractivity contribution is 0.143. The number of alkyl halides is 2. The van der Waals surface area contributed by atoms with Gasteiger partial charge in [0.2, 0.25) is 5.95 Å². The van der Waals surface area contributed by atoms with Gasteiger partial charge in [0.15, 0.2) is 5.82 Å². The van der Waals surface area contributed by atoms with Gasteiger partial charge in [-0.25, -0.2) is 18.2 Å². The first-order chi connectivity index (χ1) is 5.52. The lowest BCUT2D eigenvalue weighted by Crippen LogP contribution is -1.98. The highest BCUT2D eigenvalue weighted by molar-refractivity contribution is 9.10. The zero-order valence-corrected chi connectivity index (χ0v) is 7.08. The summed E-state index contributed by atoms with van der Waals surface area (Å²) in [5.74, 6) is -2.78. The van der Waals surface area contributed by atoms with Crippen LogP contribution in [0.1, 0.15) is 12.1 Å². The third-order valence-electron chi connectivity index (χ3n) is 1.12. The van der Waals surface area contributed by atoms with Crippen LogP contribution in [-0.2, 0) is 0 Å². The highest BCUT2D eigenvalue weighted by atomic mass is 79.9. The fraction of sp³-hybridized carbons (Fsp3) is 0.167. The molecule has 1 nitrogen and oxygen atoms in total. The molecule has 0 spiro atoms. The Hall–Kier alpha value is -0.650. The molecule has 0 fully saturated rings. The average molecular weight is 244 g/mol. The Labute approximate surface area is 73.5 Å². The number of halogens is 5. The van der Waals surface area contributed by atoms with Gasteiger partial charge in [-0.3, -0.25) is 0 Å². The van der Waals surface area contributed by atoms with Crippen molar-refractivity contribution in [2.45, 2.75) is 6.43 Å². The summed E-state index contributed by atoms with van der Waals surface area (Å²) in [7, 11) is 0. The minimum atomic E-state index is -2.92. The van der Waals surface area contributed by atoms with Gasteiger partial charge in [0.1, 0.15) is 5.69 Å². The van der Waals surface area contributed by atoms with E-state index in [0.717, 1.165) is 0 Å². The van der Waals surface area contributed by atoms with Crippen LogP contribution in [0, 0.1) is 11.8 Å². The van der Waals surface area contributed by atoms with Crippen molar-refractivity contribution in [2.75, 3.05) is 0 Å². The molecule has 0 amide bonds. The van der Waals surface area contributed by atoms with Crippen molar-refractivity contribution in [1.29, 1.82) is 0 Å². The van der Waals surface area contributed by atoms with Gasteiger partial charge >= 0.3 is 0 Å². The zero-order valence-electron chi connectivity index (χ0n) is 5.49. The van der Waals surface area contributed by atoms with Crippen LogP contribution < -0.4 is 0 Å². The molecule has 1 heterocycles. The van der Waals surface area contributed by atoms with Crippen LogP contribution >= 0.6 is 15.9 Å². The van der Waals surface area contributed by atoms with E-state index < -0.39 is 23.9 Å². The monoisotopic (exact) mass is 243 g/mol. The van der Waals surface area contributed by atoms with Crippen LogP contribution in [-0.4, -0.2) is 4.98 Å². The summed E-state index contributed by atoms with van der Waals surface area (Å²) < 4.78 is 48.3. The Balaban J connectivity index is 3.23. The highest BCUT2D eigenvalue weighted by Crippen LogP contribution is 2.26. The second-order valence-corrected chi connectivity index (χ2v) is 2.78. The summed E-state index contributed by atoms with van der Waals surface area (Å²) in [5, 5.41) is 0. The van der Waals surface area contributed by atoms with Crippen LogP contribution in [0.15, 0.2) is 10.5 Å². The van der Waals surface area contributed by atoms with E-state index in [1.807, 2.05) is 0 Å². The average Bonchev–Trinajstić information content (AvgIpc) is 1.96. The molecule has 66 valence electrons. The lowest BCUT2D eigenvalue weighted by Gasteiger charge is -2.01. The molecule has 0 aliphatic rings. The van der Waals surface area contributed by atoms with Gasteiger partial charge in [0.05, 0.1) is 0 Å². The van der Waals surface area contributed by atoms with E-state index in [4.69, 9.17) is 0 Å². The Morgan fingerprint density at radius 1 is 1.33 bits per heavy atom. The van der Waals surface area contributed by atoms with E-state index in [-0.39, 0.29) is 4.47 Å². The van der Waals surface area contributed by atoms with Gasteiger partial charge in [0.25, 0.3) is 6.43 Å². The zero-order chi connectivity index (χ0) is 9.30. The van der Waals surface area contributed by atoms with Gasteiger partial charge in [-0.1, -0.05) is 0 Å².